The molecule has 0 atom stereocenters. The largest absolute Gasteiger partial charge is 0.397 e. The SMILES string of the molecule is Cc1csc(-c2nc3ccc(Br)cc3s2)c1N. The third-order valence-electron chi connectivity index (χ3n) is 2.57. The molecule has 0 spiro atoms. The van der Waals surface area contributed by atoms with Crippen molar-refractivity contribution in [1.29, 1.82) is 0 Å². The zero-order valence-electron chi connectivity index (χ0n) is 9.03. The van der Waals surface area contributed by atoms with Gasteiger partial charge in [-0.15, -0.1) is 22.7 Å². The Labute approximate surface area is 115 Å². The molecule has 0 fully saturated rings. The van der Waals surface area contributed by atoms with E-state index >= 15 is 0 Å². The average Bonchev–Trinajstić information content (AvgIpc) is 2.83. The number of nitrogens with zero attached hydrogens (tertiary/aromatic N) is 1. The Kier molecular flexibility index (Phi) is 2.69. The van der Waals surface area contributed by atoms with Crippen molar-refractivity contribution in [3.8, 4) is 9.88 Å². The Morgan fingerprint density at radius 2 is 2.18 bits per heavy atom. The highest BCUT2D eigenvalue weighted by molar-refractivity contribution is 9.10. The molecule has 86 valence electrons. The number of anilines is 1. The summed E-state index contributed by atoms with van der Waals surface area (Å²) in [5.74, 6) is 0. The first-order valence-electron chi connectivity index (χ1n) is 5.05. The van der Waals surface area contributed by atoms with Crippen molar-refractivity contribution >= 4 is 54.5 Å². The molecule has 3 rings (SSSR count). The number of aromatic nitrogens is 1. The van der Waals surface area contributed by atoms with E-state index in [4.69, 9.17) is 5.73 Å². The van der Waals surface area contributed by atoms with Crippen molar-refractivity contribution in [3.05, 3.63) is 33.6 Å². The van der Waals surface area contributed by atoms with Crippen LogP contribution in [-0.4, -0.2) is 4.98 Å². The molecule has 2 nitrogen and oxygen atoms in total. The van der Waals surface area contributed by atoms with Crippen LogP contribution in [-0.2, 0) is 0 Å². The van der Waals surface area contributed by atoms with E-state index in [1.807, 2.05) is 19.1 Å². The first-order valence-corrected chi connectivity index (χ1v) is 7.54. The van der Waals surface area contributed by atoms with Crippen LogP contribution in [0, 0.1) is 6.92 Å². The Morgan fingerprint density at radius 1 is 1.35 bits per heavy atom. The second-order valence-corrected chi connectivity index (χ2v) is 6.62. The summed E-state index contributed by atoms with van der Waals surface area (Å²) in [6.45, 7) is 2.03. The van der Waals surface area contributed by atoms with Gasteiger partial charge in [0, 0.05) is 4.47 Å². The van der Waals surface area contributed by atoms with Gasteiger partial charge < -0.3 is 5.73 Å². The van der Waals surface area contributed by atoms with Gasteiger partial charge in [0.05, 0.1) is 20.8 Å². The first-order chi connectivity index (χ1) is 8.15. The average molecular weight is 325 g/mol. The maximum absolute atomic E-state index is 6.05. The monoisotopic (exact) mass is 324 g/mol. The number of nitrogens with two attached hydrogens (primary N) is 1. The molecule has 2 heterocycles. The van der Waals surface area contributed by atoms with Crippen LogP contribution in [0.2, 0.25) is 0 Å². The molecule has 0 saturated carbocycles. The molecular formula is C12H9BrN2S2. The van der Waals surface area contributed by atoms with Crippen LogP contribution in [0.4, 0.5) is 5.69 Å². The number of benzene rings is 1. The first kappa shape index (κ1) is 11.2. The molecule has 0 aliphatic heterocycles. The molecule has 0 unspecified atom stereocenters. The van der Waals surface area contributed by atoms with Gasteiger partial charge in [-0.05, 0) is 36.1 Å². The van der Waals surface area contributed by atoms with Crippen LogP contribution in [0.25, 0.3) is 20.1 Å². The number of fused-ring (bicyclic) bond motifs is 1. The molecule has 2 N–H and O–H groups in total. The summed E-state index contributed by atoms with van der Waals surface area (Å²) in [6.07, 6.45) is 0. The van der Waals surface area contributed by atoms with E-state index in [1.54, 1.807) is 22.7 Å². The fourth-order valence-electron chi connectivity index (χ4n) is 1.61. The molecule has 0 saturated heterocycles. The maximum atomic E-state index is 6.05. The molecular weight excluding hydrogens is 316 g/mol. The van der Waals surface area contributed by atoms with Gasteiger partial charge in [-0.3, -0.25) is 0 Å². The van der Waals surface area contributed by atoms with E-state index in [1.165, 1.54) is 4.70 Å². The summed E-state index contributed by atoms with van der Waals surface area (Å²) >= 11 is 6.81. The third kappa shape index (κ3) is 1.88. The summed E-state index contributed by atoms with van der Waals surface area (Å²) in [4.78, 5) is 5.71. The summed E-state index contributed by atoms with van der Waals surface area (Å²) in [5, 5.41) is 3.08. The smallest absolute Gasteiger partial charge is 0.136 e. The summed E-state index contributed by atoms with van der Waals surface area (Å²) in [5.41, 5.74) is 9.07. The Hall–Kier alpha value is -0.910. The van der Waals surface area contributed by atoms with Crippen LogP contribution in [0.15, 0.2) is 28.1 Å². The quantitative estimate of drug-likeness (QED) is 0.706. The topological polar surface area (TPSA) is 38.9 Å². The van der Waals surface area contributed by atoms with E-state index < -0.39 is 0 Å². The Bertz CT molecular complexity index is 700. The lowest BCUT2D eigenvalue weighted by atomic mass is 10.3. The van der Waals surface area contributed by atoms with E-state index in [0.717, 1.165) is 31.1 Å². The highest BCUT2D eigenvalue weighted by atomic mass is 79.9. The minimum Gasteiger partial charge on any atom is -0.397 e. The number of thiophene rings is 1. The molecule has 0 aliphatic rings. The molecule has 0 radical (unpaired) electrons. The molecule has 3 aromatic rings. The van der Waals surface area contributed by atoms with Gasteiger partial charge in [0.2, 0.25) is 0 Å². The van der Waals surface area contributed by atoms with Gasteiger partial charge in [-0.2, -0.15) is 0 Å². The highest BCUT2D eigenvalue weighted by Crippen LogP contribution is 2.39. The van der Waals surface area contributed by atoms with E-state index in [9.17, 15) is 0 Å². The van der Waals surface area contributed by atoms with Crippen LogP contribution in [0.1, 0.15) is 5.56 Å². The van der Waals surface area contributed by atoms with Crippen molar-refractivity contribution in [2.24, 2.45) is 0 Å². The second-order valence-electron chi connectivity index (χ2n) is 3.79. The summed E-state index contributed by atoms with van der Waals surface area (Å²) in [6, 6.07) is 6.12. The fourth-order valence-corrected chi connectivity index (χ4v) is 4.21. The summed E-state index contributed by atoms with van der Waals surface area (Å²) < 4.78 is 2.26. The van der Waals surface area contributed by atoms with Crippen LogP contribution >= 0.6 is 38.6 Å². The van der Waals surface area contributed by atoms with Gasteiger partial charge in [0.1, 0.15) is 5.01 Å². The van der Waals surface area contributed by atoms with Crippen molar-refractivity contribution in [1.82, 2.24) is 4.98 Å². The van der Waals surface area contributed by atoms with Gasteiger partial charge in [-0.1, -0.05) is 15.9 Å². The highest BCUT2D eigenvalue weighted by Gasteiger charge is 2.12. The molecule has 17 heavy (non-hydrogen) atoms. The van der Waals surface area contributed by atoms with E-state index in [-0.39, 0.29) is 0 Å². The van der Waals surface area contributed by atoms with Crippen LogP contribution < -0.4 is 5.73 Å². The Balaban J connectivity index is 2.21. The van der Waals surface area contributed by atoms with E-state index in [2.05, 4.69) is 32.4 Å². The third-order valence-corrected chi connectivity index (χ3v) is 5.35. The molecule has 1 aromatic carbocycles. The lowest BCUT2D eigenvalue weighted by molar-refractivity contribution is 1.48. The number of thiazole rings is 1. The zero-order chi connectivity index (χ0) is 12.0. The number of halogens is 1. The summed E-state index contributed by atoms with van der Waals surface area (Å²) in [7, 11) is 0. The minimum absolute atomic E-state index is 0.855. The number of hydrogen-bond donors (Lipinski definition) is 1. The molecule has 2 aromatic heterocycles. The maximum Gasteiger partial charge on any atom is 0.136 e. The van der Waals surface area contributed by atoms with E-state index in [0.29, 0.717) is 0 Å². The molecule has 5 heteroatoms. The number of hydrogen-bond acceptors (Lipinski definition) is 4. The molecule has 0 amide bonds. The van der Waals surface area contributed by atoms with Gasteiger partial charge in [0.15, 0.2) is 0 Å². The van der Waals surface area contributed by atoms with Crippen LogP contribution in [0.3, 0.4) is 0 Å². The fraction of sp³-hybridized carbons (Fsp3) is 0.0833. The Morgan fingerprint density at radius 3 is 2.88 bits per heavy atom. The van der Waals surface area contributed by atoms with Crippen molar-refractivity contribution in [2.45, 2.75) is 6.92 Å². The minimum atomic E-state index is 0.855. The van der Waals surface area contributed by atoms with Crippen molar-refractivity contribution in [3.63, 3.8) is 0 Å². The zero-order valence-corrected chi connectivity index (χ0v) is 12.2. The number of nitrogen functional groups attached to an aromatic ring is 1. The van der Waals surface area contributed by atoms with Gasteiger partial charge in [0.25, 0.3) is 0 Å². The normalized spacial score (nSPS) is 11.2. The lowest BCUT2D eigenvalue weighted by Gasteiger charge is -1.93. The molecule has 0 aliphatic carbocycles. The van der Waals surface area contributed by atoms with Gasteiger partial charge >= 0.3 is 0 Å². The molecule has 0 bridgehead atoms. The number of rotatable bonds is 1. The predicted molar refractivity (Wildman–Crippen MR) is 79.8 cm³/mol. The second kappa shape index (κ2) is 4.08. The van der Waals surface area contributed by atoms with Crippen LogP contribution in [0.5, 0.6) is 0 Å². The van der Waals surface area contributed by atoms with Gasteiger partial charge in [-0.25, -0.2) is 4.98 Å². The number of aryl methyl sites for hydroxylation is 1. The lowest BCUT2D eigenvalue weighted by Crippen LogP contribution is -1.86. The standard InChI is InChI=1S/C12H9BrN2S2/c1-6-5-16-11(10(6)14)12-15-8-3-2-7(13)4-9(8)17-12/h2-5H,14H2,1H3. The predicted octanol–water partition coefficient (Wildman–Crippen LogP) is 4.68. The van der Waals surface area contributed by atoms with Crippen molar-refractivity contribution in [2.75, 3.05) is 5.73 Å². The van der Waals surface area contributed by atoms with Crippen molar-refractivity contribution < 1.29 is 0 Å².